The summed E-state index contributed by atoms with van der Waals surface area (Å²) in [6.45, 7) is 6.14. The minimum absolute atomic E-state index is 0.123. The molecule has 3 rings (SSSR count). The zero-order chi connectivity index (χ0) is 12.9. The lowest BCUT2D eigenvalue weighted by Gasteiger charge is -2.20. The van der Waals surface area contributed by atoms with Gasteiger partial charge in [0.1, 0.15) is 0 Å². The summed E-state index contributed by atoms with van der Waals surface area (Å²) in [6.07, 6.45) is 2.31. The molecule has 0 saturated heterocycles. The van der Waals surface area contributed by atoms with Crippen LogP contribution in [0.2, 0.25) is 0 Å². The zero-order valence-electron chi connectivity index (χ0n) is 11.4. The molecule has 0 aliphatic heterocycles. The van der Waals surface area contributed by atoms with Crippen LogP contribution in [0.5, 0.6) is 0 Å². The lowest BCUT2D eigenvalue weighted by atomic mass is 9.92. The Morgan fingerprint density at radius 3 is 2.72 bits per heavy atom. The third-order valence-corrected chi connectivity index (χ3v) is 4.13. The van der Waals surface area contributed by atoms with Crippen LogP contribution in [0.15, 0.2) is 24.3 Å². The lowest BCUT2D eigenvalue weighted by molar-refractivity contribution is -0.124. The lowest BCUT2D eigenvalue weighted by Crippen LogP contribution is -2.41. The molecule has 0 spiro atoms. The van der Waals surface area contributed by atoms with E-state index < -0.39 is 0 Å². The first-order valence-corrected chi connectivity index (χ1v) is 6.87. The normalized spacial score (nSPS) is 29.2. The maximum Gasteiger partial charge on any atom is 0.224 e. The van der Waals surface area contributed by atoms with Crippen LogP contribution in [0, 0.1) is 11.8 Å². The third-order valence-electron chi connectivity index (χ3n) is 4.13. The first kappa shape index (κ1) is 11.8. The Morgan fingerprint density at radius 2 is 2.00 bits per heavy atom. The number of benzene rings is 1. The molecule has 18 heavy (non-hydrogen) atoms. The van der Waals surface area contributed by atoms with Crippen molar-refractivity contribution in [3.8, 4) is 0 Å². The summed E-state index contributed by atoms with van der Waals surface area (Å²) in [7, 11) is 0. The summed E-state index contributed by atoms with van der Waals surface area (Å²) in [4.78, 5) is 12.3. The number of rotatable bonds is 1. The fourth-order valence-electron chi connectivity index (χ4n) is 3.38. The monoisotopic (exact) mass is 243 g/mol. The summed E-state index contributed by atoms with van der Waals surface area (Å²) in [6, 6.07) is 8.61. The summed E-state index contributed by atoms with van der Waals surface area (Å²) in [5.41, 5.74) is 2.75. The molecule has 1 fully saturated rings. The van der Waals surface area contributed by atoms with Gasteiger partial charge in [0.05, 0.1) is 0 Å². The maximum absolute atomic E-state index is 12.3. The van der Waals surface area contributed by atoms with E-state index in [2.05, 4.69) is 29.6 Å². The van der Waals surface area contributed by atoms with Crippen molar-refractivity contribution in [2.75, 3.05) is 0 Å². The van der Waals surface area contributed by atoms with Gasteiger partial charge in [0.15, 0.2) is 0 Å². The Labute approximate surface area is 109 Å². The average molecular weight is 243 g/mol. The quantitative estimate of drug-likeness (QED) is 0.807. The van der Waals surface area contributed by atoms with Crippen LogP contribution >= 0.6 is 0 Å². The highest BCUT2D eigenvalue weighted by Gasteiger charge is 2.57. The van der Waals surface area contributed by atoms with E-state index in [9.17, 15) is 4.79 Å². The average Bonchev–Trinajstić information content (AvgIpc) is 3.01. The SMILES string of the molecule is CC(C)(C)NC(=O)C1C2CCc3ccccc3C21. The van der Waals surface area contributed by atoms with E-state index in [4.69, 9.17) is 0 Å². The highest BCUT2D eigenvalue weighted by Crippen LogP contribution is 2.59. The van der Waals surface area contributed by atoms with Crippen molar-refractivity contribution < 1.29 is 4.79 Å². The van der Waals surface area contributed by atoms with Gasteiger partial charge in [-0.1, -0.05) is 24.3 Å². The molecule has 1 N–H and O–H groups in total. The van der Waals surface area contributed by atoms with E-state index in [1.165, 1.54) is 17.5 Å². The van der Waals surface area contributed by atoms with Gasteiger partial charge in [-0.25, -0.2) is 0 Å². The number of hydrogen-bond acceptors (Lipinski definition) is 1. The first-order chi connectivity index (χ1) is 8.47. The van der Waals surface area contributed by atoms with Gasteiger partial charge in [0, 0.05) is 11.5 Å². The van der Waals surface area contributed by atoms with Gasteiger partial charge in [-0.3, -0.25) is 4.79 Å². The first-order valence-electron chi connectivity index (χ1n) is 6.87. The van der Waals surface area contributed by atoms with Gasteiger partial charge >= 0.3 is 0 Å². The van der Waals surface area contributed by atoms with Crippen LogP contribution < -0.4 is 5.32 Å². The number of amides is 1. The van der Waals surface area contributed by atoms with Crippen molar-refractivity contribution in [2.24, 2.45) is 11.8 Å². The van der Waals surface area contributed by atoms with E-state index in [0.29, 0.717) is 11.8 Å². The molecular weight excluding hydrogens is 222 g/mol. The van der Waals surface area contributed by atoms with Crippen LogP contribution in [-0.4, -0.2) is 11.4 Å². The molecule has 1 amide bonds. The molecule has 0 radical (unpaired) electrons. The molecule has 3 unspecified atom stereocenters. The Bertz CT molecular complexity index is 486. The Balaban J connectivity index is 1.79. The fraction of sp³-hybridized carbons (Fsp3) is 0.562. The zero-order valence-corrected chi connectivity index (χ0v) is 11.4. The van der Waals surface area contributed by atoms with Crippen LogP contribution in [0.4, 0.5) is 0 Å². The second kappa shape index (κ2) is 3.84. The number of carbonyl (C=O) groups is 1. The Kier molecular flexibility index (Phi) is 2.51. The van der Waals surface area contributed by atoms with Gasteiger partial charge in [-0.05, 0) is 56.6 Å². The Morgan fingerprint density at radius 1 is 1.28 bits per heavy atom. The summed E-state index contributed by atoms with van der Waals surface area (Å²) >= 11 is 0. The van der Waals surface area contributed by atoms with Gasteiger partial charge in [0.25, 0.3) is 0 Å². The van der Waals surface area contributed by atoms with Crippen molar-refractivity contribution in [3.63, 3.8) is 0 Å². The van der Waals surface area contributed by atoms with Crippen LogP contribution in [0.25, 0.3) is 0 Å². The van der Waals surface area contributed by atoms with E-state index >= 15 is 0 Å². The molecule has 1 aromatic rings. The van der Waals surface area contributed by atoms with E-state index in [0.717, 1.165) is 6.42 Å². The number of fused-ring (bicyclic) bond motifs is 3. The summed E-state index contributed by atoms with van der Waals surface area (Å²) in [5.74, 6) is 1.53. The molecule has 0 aromatic heterocycles. The minimum Gasteiger partial charge on any atom is -0.351 e. The molecule has 1 aromatic carbocycles. The number of hydrogen-bond donors (Lipinski definition) is 1. The van der Waals surface area contributed by atoms with E-state index in [1.54, 1.807) is 0 Å². The molecular formula is C16H21NO. The van der Waals surface area contributed by atoms with E-state index in [-0.39, 0.29) is 17.4 Å². The molecule has 2 nitrogen and oxygen atoms in total. The highest BCUT2D eigenvalue weighted by atomic mass is 16.2. The van der Waals surface area contributed by atoms with Gasteiger partial charge in [-0.2, -0.15) is 0 Å². The van der Waals surface area contributed by atoms with Gasteiger partial charge < -0.3 is 5.32 Å². The molecule has 3 atom stereocenters. The Hall–Kier alpha value is -1.31. The predicted molar refractivity (Wildman–Crippen MR) is 72.4 cm³/mol. The molecule has 2 aliphatic rings. The summed E-state index contributed by atoms with van der Waals surface area (Å²) in [5, 5.41) is 3.13. The largest absolute Gasteiger partial charge is 0.351 e. The number of nitrogens with one attached hydrogen (secondary N) is 1. The van der Waals surface area contributed by atoms with Crippen LogP contribution in [0.1, 0.15) is 44.2 Å². The molecule has 1 saturated carbocycles. The fourth-order valence-corrected chi connectivity index (χ4v) is 3.38. The van der Waals surface area contributed by atoms with Crippen molar-refractivity contribution in [3.05, 3.63) is 35.4 Å². The maximum atomic E-state index is 12.3. The predicted octanol–water partition coefficient (Wildman–Crippen LogP) is 2.88. The summed E-state index contributed by atoms with van der Waals surface area (Å²) < 4.78 is 0. The standard InChI is InChI=1S/C16H21NO/c1-16(2,3)17-15(18)14-12-9-8-10-6-4-5-7-11(10)13(12)14/h4-7,12-14H,8-9H2,1-3H3,(H,17,18). The van der Waals surface area contributed by atoms with Crippen molar-refractivity contribution >= 4 is 5.91 Å². The number of carbonyl (C=O) groups excluding carboxylic acids is 1. The second-order valence-corrected chi connectivity index (χ2v) is 6.69. The molecule has 2 aliphatic carbocycles. The third kappa shape index (κ3) is 1.94. The molecule has 96 valence electrons. The molecule has 2 heteroatoms. The van der Waals surface area contributed by atoms with Gasteiger partial charge in [-0.15, -0.1) is 0 Å². The highest BCUT2D eigenvalue weighted by molar-refractivity contribution is 5.84. The van der Waals surface area contributed by atoms with Crippen LogP contribution in [-0.2, 0) is 11.2 Å². The van der Waals surface area contributed by atoms with E-state index in [1.807, 2.05) is 20.8 Å². The topological polar surface area (TPSA) is 29.1 Å². The van der Waals surface area contributed by atoms with Crippen LogP contribution in [0.3, 0.4) is 0 Å². The smallest absolute Gasteiger partial charge is 0.224 e. The van der Waals surface area contributed by atoms with Crippen molar-refractivity contribution in [1.82, 2.24) is 5.32 Å². The number of aryl methyl sites for hydroxylation is 1. The molecule has 0 bridgehead atoms. The van der Waals surface area contributed by atoms with Crippen molar-refractivity contribution in [1.29, 1.82) is 0 Å². The molecule has 0 heterocycles. The minimum atomic E-state index is -0.123. The van der Waals surface area contributed by atoms with Gasteiger partial charge in [0.2, 0.25) is 5.91 Å². The van der Waals surface area contributed by atoms with Crippen molar-refractivity contribution in [2.45, 2.75) is 45.1 Å². The second-order valence-electron chi connectivity index (χ2n) is 6.69.